The molecule has 1 rings (SSSR count). The highest BCUT2D eigenvalue weighted by Crippen LogP contribution is 2.17. The van der Waals surface area contributed by atoms with Gasteiger partial charge in [0.1, 0.15) is 5.82 Å². The molecule has 0 spiro atoms. The topological polar surface area (TPSA) is 17.1 Å². The second kappa shape index (κ2) is 7.30. The number of ketones is 1. The molecule has 0 aromatic heterocycles. The van der Waals surface area contributed by atoms with Crippen LogP contribution in [0.1, 0.15) is 66.9 Å². The van der Waals surface area contributed by atoms with Crippen molar-refractivity contribution < 1.29 is 9.18 Å². The number of hydrogen-bond donors (Lipinski definition) is 0. The fourth-order valence-corrected chi connectivity index (χ4v) is 2.14. The largest absolute Gasteiger partial charge is 0.294 e. The molecule has 0 aliphatic carbocycles. The minimum Gasteiger partial charge on any atom is -0.294 e. The van der Waals surface area contributed by atoms with Gasteiger partial charge in [-0.05, 0) is 43.5 Å². The van der Waals surface area contributed by atoms with E-state index in [4.69, 9.17) is 0 Å². The standard InChI is InChI=1S/C16H23FO/c1-4-5-6-7-8-9-15(18)14-10-12(2)16(17)13(3)11-14/h10-11H,4-9H2,1-3H3. The van der Waals surface area contributed by atoms with Crippen molar-refractivity contribution in [1.29, 1.82) is 0 Å². The second-order valence-electron chi connectivity index (χ2n) is 5.01. The quantitative estimate of drug-likeness (QED) is 0.492. The first-order valence-corrected chi connectivity index (χ1v) is 6.86. The Morgan fingerprint density at radius 1 is 1.06 bits per heavy atom. The van der Waals surface area contributed by atoms with Crippen LogP contribution in [0, 0.1) is 19.7 Å². The van der Waals surface area contributed by atoms with Gasteiger partial charge in [0, 0.05) is 12.0 Å². The molecule has 2 heteroatoms. The Morgan fingerprint density at radius 3 is 2.17 bits per heavy atom. The summed E-state index contributed by atoms with van der Waals surface area (Å²) in [6.07, 6.45) is 6.28. The minimum atomic E-state index is -0.200. The summed E-state index contributed by atoms with van der Waals surface area (Å²) < 4.78 is 13.5. The van der Waals surface area contributed by atoms with Crippen molar-refractivity contribution in [2.24, 2.45) is 0 Å². The fourth-order valence-electron chi connectivity index (χ4n) is 2.14. The van der Waals surface area contributed by atoms with E-state index in [2.05, 4.69) is 6.92 Å². The van der Waals surface area contributed by atoms with Gasteiger partial charge in [0.15, 0.2) is 5.78 Å². The zero-order valence-corrected chi connectivity index (χ0v) is 11.7. The molecule has 0 N–H and O–H groups in total. The van der Waals surface area contributed by atoms with Crippen molar-refractivity contribution in [3.63, 3.8) is 0 Å². The van der Waals surface area contributed by atoms with Crippen LogP contribution in [0.2, 0.25) is 0 Å². The minimum absolute atomic E-state index is 0.137. The lowest BCUT2D eigenvalue weighted by atomic mass is 9.99. The van der Waals surface area contributed by atoms with Gasteiger partial charge in [-0.15, -0.1) is 0 Å². The first-order chi connectivity index (χ1) is 8.56. The molecule has 0 aliphatic heterocycles. The number of carbonyl (C=O) groups excluding carboxylic acids is 1. The average molecular weight is 250 g/mol. The third-order valence-corrected chi connectivity index (χ3v) is 3.27. The maximum atomic E-state index is 13.5. The van der Waals surface area contributed by atoms with Gasteiger partial charge in [-0.3, -0.25) is 4.79 Å². The molecule has 0 fully saturated rings. The van der Waals surface area contributed by atoms with Gasteiger partial charge in [0.2, 0.25) is 0 Å². The molecular formula is C16H23FO. The van der Waals surface area contributed by atoms with Crippen molar-refractivity contribution in [1.82, 2.24) is 0 Å². The molecule has 0 heterocycles. The summed E-state index contributed by atoms with van der Waals surface area (Å²) in [4.78, 5) is 12.0. The number of halogens is 1. The van der Waals surface area contributed by atoms with Gasteiger partial charge in [-0.25, -0.2) is 4.39 Å². The second-order valence-corrected chi connectivity index (χ2v) is 5.01. The van der Waals surface area contributed by atoms with Crippen LogP contribution < -0.4 is 0 Å². The summed E-state index contributed by atoms with van der Waals surface area (Å²) in [5, 5.41) is 0. The fraction of sp³-hybridized carbons (Fsp3) is 0.562. The first kappa shape index (κ1) is 14.9. The lowest BCUT2D eigenvalue weighted by molar-refractivity contribution is 0.0979. The lowest BCUT2D eigenvalue weighted by Crippen LogP contribution is -2.02. The Kier molecular flexibility index (Phi) is 6.03. The molecule has 0 atom stereocenters. The smallest absolute Gasteiger partial charge is 0.162 e. The van der Waals surface area contributed by atoms with Crippen LogP contribution in [-0.4, -0.2) is 5.78 Å². The third kappa shape index (κ3) is 4.25. The summed E-state index contributed by atoms with van der Waals surface area (Å²) in [6.45, 7) is 5.59. The molecule has 0 unspecified atom stereocenters. The van der Waals surface area contributed by atoms with Crippen LogP contribution in [0.25, 0.3) is 0 Å². The molecular weight excluding hydrogens is 227 g/mol. The van der Waals surface area contributed by atoms with E-state index in [-0.39, 0.29) is 11.6 Å². The van der Waals surface area contributed by atoms with Gasteiger partial charge in [-0.1, -0.05) is 32.6 Å². The molecule has 1 aromatic rings. The number of unbranched alkanes of at least 4 members (excludes halogenated alkanes) is 4. The summed E-state index contributed by atoms with van der Waals surface area (Å²) in [5.74, 6) is -0.0628. The van der Waals surface area contributed by atoms with E-state index in [1.165, 1.54) is 19.3 Å². The third-order valence-electron chi connectivity index (χ3n) is 3.27. The average Bonchev–Trinajstić information content (AvgIpc) is 2.34. The predicted octanol–water partition coefficient (Wildman–Crippen LogP) is 4.99. The zero-order chi connectivity index (χ0) is 13.5. The SMILES string of the molecule is CCCCCCCC(=O)c1cc(C)c(F)c(C)c1. The number of Topliss-reactive ketones (excluding diaryl/α,β-unsaturated/α-hetero) is 1. The molecule has 0 amide bonds. The van der Waals surface area contributed by atoms with Crippen LogP contribution in [0.5, 0.6) is 0 Å². The highest BCUT2D eigenvalue weighted by atomic mass is 19.1. The van der Waals surface area contributed by atoms with Crippen LogP contribution in [0.3, 0.4) is 0 Å². The van der Waals surface area contributed by atoms with Crippen molar-refractivity contribution in [2.75, 3.05) is 0 Å². The molecule has 18 heavy (non-hydrogen) atoms. The molecule has 0 aliphatic rings. The van der Waals surface area contributed by atoms with Crippen LogP contribution in [0.15, 0.2) is 12.1 Å². The lowest BCUT2D eigenvalue weighted by Gasteiger charge is -2.06. The van der Waals surface area contributed by atoms with Gasteiger partial charge in [0.05, 0.1) is 0 Å². The Morgan fingerprint density at radius 2 is 1.61 bits per heavy atom. The van der Waals surface area contributed by atoms with Crippen LogP contribution in [0.4, 0.5) is 4.39 Å². The molecule has 1 nitrogen and oxygen atoms in total. The molecule has 0 radical (unpaired) electrons. The first-order valence-electron chi connectivity index (χ1n) is 6.86. The number of rotatable bonds is 7. The van der Waals surface area contributed by atoms with Gasteiger partial charge in [0.25, 0.3) is 0 Å². The summed E-state index contributed by atoms with van der Waals surface area (Å²) in [7, 11) is 0. The van der Waals surface area contributed by atoms with Crippen molar-refractivity contribution in [3.8, 4) is 0 Å². The van der Waals surface area contributed by atoms with E-state index in [1.54, 1.807) is 26.0 Å². The Balaban J connectivity index is 2.52. The normalized spacial score (nSPS) is 10.7. The van der Waals surface area contributed by atoms with E-state index >= 15 is 0 Å². The summed E-state index contributed by atoms with van der Waals surface area (Å²) in [5.41, 5.74) is 1.77. The maximum Gasteiger partial charge on any atom is 0.162 e. The maximum absolute atomic E-state index is 13.5. The van der Waals surface area contributed by atoms with E-state index in [9.17, 15) is 9.18 Å². The van der Waals surface area contributed by atoms with Crippen molar-refractivity contribution in [3.05, 3.63) is 34.6 Å². The number of carbonyl (C=O) groups is 1. The number of aryl methyl sites for hydroxylation is 2. The van der Waals surface area contributed by atoms with E-state index in [0.717, 1.165) is 12.8 Å². The highest BCUT2D eigenvalue weighted by molar-refractivity contribution is 5.96. The van der Waals surface area contributed by atoms with Gasteiger partial charge in [-0.2, -0.15) is 0 Å². The molecule has 1 aromatic carbocycles. The predicted molar refractivity (Wildman–Crippen MR) is 73.6 cm³/mol. The Bertz CT molecular complexity index is 387. The van der Waals surface area contributed by atoms with Gasteiger partial charge < -0.3 is 0 Å². The Hall–Kier alpha value is -1.18. The summed E-state index contributed by atoms with van der Waals surface area (Å²) in [6, 6.07) is 3.33. The van der Waals surface area contributed by atoms with E-state index in [1.807, 2.05) is 0 Å². The van der Waals surface area contributed by atoms with E-state index < -0.39 is 0 Å². The number of benzene rings is 1. The van der Waals surface area contributed by atoms with Crippen LogP contribution >= 0.6 is 0 Å². The molecule has 100 valence electrons. The van der Waals surface area contributed by atoms with Crippen LogP contribution in [-0.2, 0) is 0 Å². The van der Waals surface area contributed by atoms with Crippen molar-refractivity contribution >= 4 is 5.78 Å². The number of hydrogen-bond acceptors (Lipinski definition) is 1. The van der Waals surface area contributed by atoms with Gasteiger partial charge >= 0.3 is 0 Å². The highest BCUT2D eigenvalue weighted by Gasteiger charge is 2.10. The van der Waals surface area contributed by atoms with Crippen molar-refractivity contribution in [2.45, 2.75) is 59.3 Å². The van der Waals surface area contributed by atoms with E-state index in [0.29, 0.717) is 23.1 Å². The molecule has 0 bridgehead atoms. The molecule has 0 saturated carbocycles. The zero-order valence-electron chi connectivity index (χ0n) is 11.7. The molecule has 0 saturated heterocycles. The Labute approximate surface area is 109 Å². The monoisotopic (exact) mass is 250 g/mol. The summed E-state index contributed by atoms with van der Waals surface area (Å²) >= 11 is 0.